The highest BCUT2D eigenvalue weighted by atomic mass is 16.4. The van der Waals surface area contributed by atoms with Crippen molar-refractivity contribution in [1.82, 2.24) is 4.90 Å². The third-order valence-corrected chi connectivity index (χ3v) is 3.84. The third kappa shape index (κ3) is 2.91. The summed E-state index contributed by atoms with van der Waals surface area (Å²) in [6.07, 6.45) is 3.79. The number of hydrogen-bond acceptors (Lipinski definition) is 2. The minimum Gasteiger partial charge on any atom is -0.480 e. The zero-order chi connectivity index (χ0) is 13.0. The van der Waals surface area contributed by atoms with Crippen LogP contribution in [0.5, 0.6) is 0 Å². The molecule has 1 aromatic rings. The monoisotopic (exact) mass is 247 g/mol. The number of hydrogen-bond donors (Lipinski definition) is 1. The Morgan fingerprint density at radius 2 is 2.06 bits per heavy atom. The molecule has 0 radical (unpaired) electrons. The van der Waals surface area contributed by atoms with Gasteiger partial charge in [0.05, 0.1) is 0 Å². The second-order valence-electron chi connectivity index (χ2n) is 5.04. The lowest BCUT2D eigenvalue weighted by atomic mass is 9.84. The smallest absolute Gasteiger partial charge is 0.325 e. The molecule has 1 N–H and O–H groups in total. The number of carbonyl (C=O) groups is 1. The molecule has 1 aromatic carbocycles. The molecule has 18 heavy (non-hydrogen) atoms. The number of carboxylic acid groups (broad SMARTS) is 1. The number of likely N-dealkylation sites (N-methyl/N-ethyl adjacent to an activating group) is 1. The molecule has 0 amide bonds. The van der Waals surface area contributed by atoms with Crippen LogP contribution in [0.1, 0.15) is 37.8 Å². The number of rotatable bonds is 6. The molecule has 0 aromatic heterocycles. The highest BCUT2D eigenvalue weighted by molar-refractivity contribution is 5.75. The summed E-state index contributed by atoms with van der Waals surface area (Å²) >= 11 is 0. The van der Waals surface area contributed by atoms with Gasteiger partial charge >= 0.3 is 5.97 Å². The second kappa shape index (κ2) is 6.01. The molecule has 2 rings (SSSR count). The van der Waals surface area contributed by atoms with Crippen molar-refractivity contribution in [2.75, 3.05) is 13.1 Å². The highest BCUT2D eigenvalue weighted by Crippen LogP contribution is 2.30. The second-order valence-corrected chi connectivity index (χ2v) is 5.04. The van der Waals surface area contributed by atoms with Gasteiger partial charge in [0.1, 0.15) is 6.04 Å². The zero-order valence-corrected chi connectivity index (χ0v) is 10.9. The van der Waals surface area contributed by atoms with Gasteiger partial charge in [-0.1, -0.05) is 43.7 Å². The number of benzene rings is 1. The van der Waals surface area contributed by atoms with E-state index < -0.39 is 12.0 Å². The summed E-state index contributed by atoms with van der Waals surface area (Å²) < 4.78 is 0. The molecular formula is C15H21NO2. The lowest BCUT2D eigenvalue weighted by Gasteiger charge is -2.35. The predicted molar refractivity (Wildman–Crippen MR) is 71.4 cm³/mol. The van der Waals surface area contributed by atoms with E-state index in [0.717, 1.165) is 18.7 Å². The molecule has 0 heterocycles. The normalized spacial score (nSPS) is 17.4. The van der Waals surface area contributed by atoms with Crippen LogP contribution in [0.4, 0.5) is 0 Å². The van der Waals surface area contributed by atoms with Crippen LogP contribution in [0.15, 0.2) is 30.3 Å². The standard InChI is InChI=1S/C15H21NO2/c1-2-16(11-12-7-6-8-12)14(15(17)18)13-9-4-3-5-10-13/h3-5,9-10,12,14H,2,6-8,11H2,1H3,(H,17,18). The topological polar surface area (TPSA) is 40.5 Å². The maximum atomic E-state index is 11.5. The van der Waals surface area contributed by atoms with E-state index in [1.807, 2.05) is 37.3 Å². The fraction of sp³-hybridized carbons (Fsp3) is 0.533. The first-order valence-electron chi connectivity index (χ1n) is 6.74. The van der Waals surface area contributed by atoms with Crippen molar-refractivity contribution in [1.29, 1.82) is 0 Å². The predicted octanol–water partition coefficient (Wildman–Crippen LogP) is 2.93. The van der Waals surface area contributed by atoms with E-state index in [9.17, 15) is 9.90 Å². The Morgan fingerprint density at radius 3 is 2.50 bits per heavy atom. The summed E-state index contributed by atoms with van der Waals surface area (Å²) in [5, 5.41) is 9.49. The average Bonchev–Trinajstić information content (AvgIpc) is 2.32. The molecule has 0 spiro atoms. The van der Waals surface area contributed by atoms with E-state index in [2.05, 4.69) is 4.90 Å². The molecule has 0 bridgehead atoms. The summed E-state index contributed by atoms with van der Waals surface area (Å²) in [5.41, 5.74) is 0.881. The van der Waals surface area contributed by atoms with Crippen molar-refractivity contribution in [3.63, 3.8) is 0 Å². The molecule has 0 aliphatic heterocycles. The molecule has 3 heteroatoms. The maximum absolute atomic E-state index is 11.5. The molecule has 0 saturated heterocycles. The summed E-state index contributed by atoms with van der Waals surface area (Å²) in [4.78, 5) is 13.6. The summed E-state index contributed by atoms with van der Waals surface area (Å²) in [6, 6.07) is 9.04. The Balaban J connectivity index is 2.14. The van der Waals surface area contributed by atoms with Crippen LogP contribution >= 0.6 is 0 Å². The van der Waals surface area contributed by atoms with Crippen LogP contribution in [-0.4, -0.2) is 29.1 Å². The van der Waals surface area contributed by atoms with Crippen LogP contribution in [0.2, 0.25) is 0 Å². The van der Waals surface area contributed by atoms with Crippen LogP contribution in [0.25, 0.3) is 0 Å². The van der Waals surface area contributed by atoms with Crippen LogP contribution < -0.4 is 0 Å². The van der Waals surface area contributed by atoms with Gasteiger partial charge < -0.3 is 5.11 Å². The van der Waals surface area contributed by atoms with E-state index in [1.165, 1.54) is 19.3 Å². The van der Waals surface area contributed by atoms with Crippen LogP contribution in [0.3, 0.4) is 0 Å². The third-order valence-electron chi connectivity index (χ3n) is 3.84. The Labute approximate surface area is 108 Å². The summed E-state index contributed by atoms with van der Waals surface area (Å²) in [5.74, 6) is -0.0575. The van der Waals surface area contributed by atoms with E-state index in [-0.39, 0.29) is 0 Å². The molecule has 1 atom stereocenters. The fourth-order valence-electron chi connectivity index (χ4n) is 2.57. The maximum Gasteiger partial charge on any atom is 0.325 e. The van der Waals surface area contributed by atoms with Crippen LogP contribution in [0, 0.1) is 5.92 Å². The lowest BCUT2D eigenvalue weighted by molar-refractivity contribution is -0.144. The molecule has 1 fully saturated rings. The van der Waals surface area contributed by atoms with Gasteiger partial charge in [0.2, 0.25) is 0 Å². The van der Waals surface area contributed by atoms with Gasteiger partial charge in [-0.25, -0.2) is 0 Å². The minimum atomic E-state index is -0.748. The van der Waals surface area contributed by atoms with Crippen LogP contribution in [-0.2, 0) is 4.79 Å². The number of carboxylic acids is 1. The van der Waals surface area contributed by atoms with Gasteiger partial charge in [-0.2, -0.15) is 0 Å². The average molecular weight is 247 g/mol. The van der Waals surface area contributed by atoms with Crippen molar-refractivity contribution in [2.45, 2.75) is 32.2 Å². The van der Waals surface area contributed by atoms with E-state index in [4.69, 9.17) is 0 Å². The largest absolute Gasteiger partial charge is 0.480 e. The molecule has 98 valence electrons. The van der Waals surface area contributed by atoms with E-state index in [0.29, 0.717) is 5.92 Å². The quantitative estimate of drug-likeness (QED) is 0.840. The SMILES string of the molecule is CCN(CC1CCC1)C(C(=O)O)c1ccccc1. The Morgan fingerprint density at radius 1 is 1.39 bits per heavy atom. The fourth-order valence-corrected chi connectivity index (χ4v) is 2.57. The van der Waals surface area contributed by atoms with E-state index >= 15 is 0 Å². The lowest BCUT2D eigenvalue weighted by Crippen LogP contribution is -2.39. The van der Waals surface area contributed by atoms with Gasteiger partial charge in [-0.15, -0.1) is 0 Å². The Kier molecular flexibility index (Phi) is 4.37. The van der Waals surface area contributed by atoms with Crippen molar-refractivity contribution in [3.05, 3.63) is 35.9 Å². The Bertz CT molecular complexity index is 387. The Hall–Kier alpha value is -1.35. The molecule has 1 unspecified atom stereocenters. The molecule has 1 aliphatic rings. The zero-order valence-electron chi connectivity index (χ0n) is 10.9. The minimum absolute atomic E-state index is 0.503. The van der Waals surface area contributed by atoms with Gasteiger partial charge in [-0.3, -0.25) is 9.69 Å². The first-order valence-corrected chi connectivity index (χ1v) is 6.74. The van der Waals surface area contributed by atoms with Crippen molar-refractivity contribution in [2.24, 2.45) is 5.92 Å². The first kappa shape index (κ1) is 13.1. The molecule has 3 nitrogen and oxygen atoms in total. The van der Waals surface area contributed by atoms with Gasteiger partial charge in [0.25, 0.3) is 0 Å². The van der Waals surface area contributed by atoms with Gasteiger partial charge in [0.15, 0.2) is 0 Å². The number of nitrogens with zero attached hydrogens (tertiary/aromatic N) is 1. The summed E-state index contributed by atoms with van der Waals surface area (Å²) in [6.45, 7) is 3.72. The summed E-state index contributed by atoms with van der Waals surface area (Å²) in [7, 11) is 0. The molecule has 1 aliphatic carbocycles. The van der Waals surface area contributed by atoms with Crippen molar-refractivity contribution >= 4 is 5.97 Å². The molecular weight excluding hydrogens is 226 g/mol. The van der Waals surface area contributed by atoms with Gasteiger partial charge in [-0.05, 0) is 30.9 Å². The van der Waals surface area contributed by atoms with Gasteiger partial charge in [0, 0.05) is 6.54 Å². The van der Waals surface area contributed by atoms with Crippen molar-refractivity contribution in [3.8, 4) is 0 Å². The van der Waals surface area contributed by atoms with E-state index in [1.54, 1.807) is 0 Å². The first-order chi connectivity index (χ1) is 8.72. The number of aliphatic carboxylic acids is 1. The van der Waals surface area contributed by atoms with Crippen molar-refractivity contribution < 1.29 is 9.90 Å². The highest BCUT2D eigenvalue weighted by Gasteiger charge is 2.29. The molecule has 1 saturated carbocycles.